The van der Waals surface area contributed by atoms with Crippen molar-refractivity contribution < 1.29 is 5.11 Å². The molecule has 2 heteroatoms. The Morgan fingerprint density at radius 2 is 2.14 bits per heavy atom. The minimum absolute atomic E-state index is 0.0159. The van der Waals surface area contributed by atoms with Crippen LogP contribution in [0.5, 0.6) is 0 Å². The molecule has 1 aliphatic rings. The molecular formula is C12H13ClO. The summed E-state index contributed by atoms with van der Waals surface area (Å²) in [7, 11) is 0. The number of benzene rings is 1. The van der Waals surface area contributed by atoms with Crippen LogP contribution in [0.3, 0.4) is 0 Å². The fourth-order valence-corrected chi connectivity index (χ4v) is 2.32. The lowest BCUT2D eigenvalue weighted by molar-refractivity contribution is 0.154. The molecule has 74 valence electrons. The maximum Gasteiger partial charge on any atom is 0.0655 e. The van der Waals surface area contributed by atoms with Gasteiger partial charge >= 0.3 is 0 Å². The van der Waals surface area contributed by atoms with E-state index in [4.69, 9.17) is 11.6 Å². The molecule has 0 spiro atoms. The molecule has 2 rings (SSSR count). The fraction of sp³-hybridized carbons (Fsp3) is 0.333. The first-order valence-electron chi connectivity index (χ1n) is 4.88. The van der Waals surface area contributed by atoms with Gasteiger partial charge < -0.3 is 5.11 Å². The van der Waals surface area contributed by atoms with Crippen LogP contribution >= 0.6 is 11.6 Å². The minimum Gasteiger partial charge on any atom is -0.392 e. The molecule has 2 atom stereocenters. The van der Waals surface area contributed by atoms with Gasteiger partial charge in [0.05, 0.1) is 6.10 Å². The Hall–Kier alpha value is -0.790. The first-order valence-corrected chi connectivity index (χ1v) is 5.26. The molecule has 0 radical (unpaired) electrons. The maximum absolute atomic E-state index is 9.85. The quantitative estimate of drug-likeness (QED) is 0.792. The second kappa shape index (κ2) is 3.76. The molecule has 1 N–H and O–H groups in total. The highest BCUT2D eigenvalue weighted by Gasteiger charge is 2.28. The predicted octanol–water partition coefficient (Wildman–Crippen LogP) is 3.13. The van der Waals surface area contributed by atoms with E-state index in [2.05, 4.69) is 0 Å². The van der Waals surface area contributed by atoms with Crippen LogP contribution in [-0.4, -0.2) is 11.2 Å². The third-order valence-electron chi connectivity index (χ3n) is 2.72. The molecule has 0 saturated heterocycles. The van der Waals surface area contributed by atoms with E-state index in [0.717, 1.165) is 22.6 Å². The topological polar surface area (TPSA) is 20.2 Å². The van der Waals surface area contributed by atoms with Crippen LogP contribution in [-0.2, 0) is 0 Å². The van der Waals surface area contributed by atoms with Gasteiger partial charge in [-0.3, -0.25) is 0 Å². The monoisotopic (exact) mass is 208 g/mol. The molecular weight excluding hydrogens is 196 g/mol. The number of aliphatic hydroxyl groups excluding tert-OH is 1. The van der Waals surface area contributed by atoms with Gasteiger partial charge in [0.2, 0.25) is 0 Å². The average Bonchev–Trinajstić information content (AvgIpc) is 2.53. The van der Waals surface area contributed by atoms with Crippen LogP contribution in [0.1, 0.15) is 30.4 Å². The summed E-state index contributed by atoms with van der Waals surface area (Å²) in [5.74, 6) is -0.0159. The molecule has 0 saturated carbocycles. The molecule has 14 heavy (non-hydrogen) atoms. The van der Waals surface area contributed by atoms with Crippen molar-refractivity contribution >= 4 is 17.7 Å². The van der Waals surface area contributed by atoms with E-state index in [1.165, 1.54) is 0 Å². The lowest BCUT2D eigenvalue weighted by Crippen LogP contribution is -2.16. The van der Waals surface area contributed by atoms with E-state index >= 15 is 0 Å². The predicted molar refractivity (Wildman–Crippen MR) is 59.3 cm³/mol. The van der Waals surface area contributed by atoms with Gasteiger partial charge in [0.1, 0.15) is 0 Å². The molecule has 1 aromatic carbocycles. The maximum atomic E-state index is 9.85. The molecule has 1 aromatic rings. The lowest BCUT2D eigenvalue weighted by Gasteiger charge is -2.18. The number of halogens is 1. The summed E-state index contributed by atoms with van der Waals surface area (Å²) >= 11 is 6.12. The summed E-state index contributed by atoms with van der Waals surface area (Å²) in [6.45, 7) is 1.97. The van der Waals surface area contributed by atoms with Crippen LogP contribution in [0.2, 0.25) is 0 Å². The molecule has 0 bridgehead atoms. The smallest absolute Gasteiger partial charge is 0.0655 e. The van der Waals surface area contributed by atoms with Crippen LogP contribution in [0.25, 0.3) is 6.08 Å². The van der Waals surface area contributed by atoms with Crippen molar-refractivity contribution in [2.75, 3.05) is 0 Å². The van der Waals surface area contributed by atoms with E-state index in [0.29, 0.717) is 0 Å². The van der Waals surface area contributed by atoms with Gasteiger partial charge in [-0.2, -0.15) is 0 Å². The summed E-state index contributed by atoms with van der Waals surface area (Å²) in [5, 5.41) is 10.6. The van der Waals surface area contributed by atoms with Gasteiger partial charge in [-0.1, -0.05) is 42.8 Å². The third-order valence-corrected chi connectivity index (χ3v) is 3.07. The highest BCUT2D eigenvalue weighted by Crippen LogP contribution is 2.41. The molecule has 0 fully saturated rings. The Morgan fingerprint density at radius 1 is 1.43 bits per heavy atom. The van der Waals surface area contributed by atoms with Crippen LogP contribution in [0.15, 0.2) is 29.3 Å². The molecule has 0 heterocycles. The van der Waals surface area contributed by atoms with Crippen molar-refractivity contribution in [2.24, 2.45) is 0 Å². The zero-order chi connectivity index (χ0) is 10.1. The third kappa shape index (κ3) is 1.47. The first kappa shape index (κ1) is 9.75. The number of rotatable bonds is 2. The van der Waals surface area contributed by atoms with Gasteiger partial charge in [0.25, 0.3) is 0 Å². The molecule has 0 aromatic heterocycles. The van der Waals surface area contributed by atoms with Crippen LogP contribution in [0.4, 0.5) is 0 Å². The van der Waals surface area contributed by atoms with Crippen molar-refractivity contribution in [3.8, 4) is 0 Å². The standard InChI is InChI=1S/C12H13ClO/c1-2-11(14)12-9-6-4-3-5-8(9)7-10(12)13/h3-7,11-12,14H,2H2,1H3. The van der Waals surface area contributed by atoms with E-state index in [1.807, 2.05) is 37.3 Å². The Kier molecular flexibility index (Phi) is 2.62. The summed E-state index contributed by atoms with van der Waals surface area (Å²) < 4.78 is 0. The highest BCUT2D eigenvalue weighted by molar-refractivity contribution is 6.33. The van der Waals surface area contributed by atoms with Crippen LogP contribution < -0.4 is 0 Å². The Labute approximate surface area is 89.0 Å². The first-order chi connectivity index (χ1) is 6.74. The second-order valence-corrected chi connectivity index (χ2v) is 4.05. The van der Waals surface area contributed by atoms with E-state index < -0.39 is 0 Å². The van der Waals surface area contributed by atoms with Gasteiger partial charge in [0, 0.05) is 11.0 Å². The van der Waals surface area contributed by atoms with E-state index in [-0.39, 0.29) is 12.0 Å². The van der Waals surface area contributed by atoms with Crippen molar-refractivity contribution in [2.45, 2.75) is 25.4 Å². The fourth-order valence-electron chi connectivity index (χ4n) is 1.94. The number of hydrogen-bond donors (Lipinski definition) is 1. The molecule has 0 amide bonds. The number of fused-ring (bicyclic) bond motifs is 1. The molecule has 0 aliphatic heterocycles. The summed E-state index contributed by atoms with van der Waals surface area (Å²) in [6, 6.07) is 8.03. The van der Waals surface area contributed by atoms with E-state index in [1.54, 1.807) is 0 Å². The van der Waals surface area contributed by atoms with Gasteiger partial charge in [-0.15, -0.1) is 0 Å². The molecule has 1 aliphatic carbocycles. The highest BCUT2D eigenvalue weighted by atomic mass is 35.5. The van der Waals surface area contributed by atoms with Gasteiger partial charge in [-0.25, -0.2) is 0 Å². The van der Waals surface area contributed by atoms with E-state index in [9.17, 15) is 5.11 Å². The summed E-state index contributed by atoms with van der Waals surface area (Å²) in [5.41, 5.74) is 2.28. The lowest BCUT2D eigenvalue weighted by atomic mass is 9.94. The zero-order valence-corrected chi connectivity index (χ0v) is 8.83. The Balaban J connectivity index is 2.41. The Bertz CT molecular complexity index is 370. The molecule has 2 unspecified atom stereocenters. The van der Waals surface area contributed by atoms with Crippen molar-refractivity contribution in [3.63, 3.8) is 0 Å². The minimum atomic E-state index is -0.373. The number of aliphatic hydroxyl groups is 1. The van der Waals surface area contributed by atoms with Crippen molar-refractivity contribution in [3.05, 3.63) is 40.4 Å². The largest absolute Gasteiger partial charge is 0.392 e. The summed E-state index contributed by atoms with van der Waals surface area (Å²) in [4.78, 5) is 0. The second-order valence-electron chi connectivity index (χ2n) is 3.61. The zero-order valence-electron chi connectivity index (χ0n) is 8.07. The number of hydrogen-bond acceptors (Lipinski definition) is 1. The average molecular weight is 209 g/mol. The van der Waals surface area contributed by atoms with Gasteiger partial charge in [-0.05, 0) is 23.6 Å². The normalized spacial score (nSPS) is 21.6. The van der Waals surface area contributed by atoms with Crippen molar-refractivity contribution in [1.29, 1.82) is 0 Å². The van der Waals surface area contributed by atoms with Gasteiger partial charge in [0.15, 0.2) is 0 Å². The Morgan fingerprint density at radius 3 is 2.86 bits per heavy atom. The summed E-state index contributed by atoms with van der Waals surface area (Å²) in [6.07, 6.45) is 2.30. The van der Waals surface area contributed by atoms with Crippen molar-refractivity contribution in [1.82, 2.24) is 0 Å². The van der Waals surface area contributed by atoms with Crippen LogP contribution in [0, 0.1) is 0 Å². The molecule has 1 nitrogen and oxygen atoms in total. The SMILES string of the molecule is CCC(O)C1C(Cl)=Cc2ccccc21.